The molecule has 0 N–H and O–H groups in total. The van der Waals surface area contributed by atoms with Gasteiger partial charge in [-0.05, 0) is 17.5 Å². The molecule has 2 nitrogen and oxygen atoms in total. The van der Waals surface area contributed by atoms with Crippen LogP contribution in [0.1, 0.15) is 25.3 Å². The van der Waals surface area contributed by atoms with Gasteiger partial charge < -0.3 is 4.42 Å². The number of furan rings is 1. The van der Waals surface area contributed by atoms with Crippen molar-refractivity contribution in [2.75, 3.05) is 0 Å². The van der Waals surface area contributed by atoms with Crippen LogP contribution in [0.4, 0.5) is 0 Å². The lowest BCUT2D eigenvalue weighted by atomic mass is 10.1. The Hall–Kier alpha value is -1.31. The molecule has 2 aromatic rings. The second kappa shape index (κ2) is 2.63. The number of pyridine rings is 1. The van der Waals surface area contributed by atoms with Gasteiger partial charge in [0.15, 0.2) is 5.58 Å². The molecule has 2 aromatic heterocycles. The Bertz CT molecular complexity index is 389. The highest BCUT2D eigenvalue weighted by molar-refractivity contribution is 5.72. The van der Waals surface area contributed by atoms with Gasteiger partial charge >= 0.3 is 0 Å². The van der Waals surface area contributed by atoms with Crippen molar-refractivity contribution < 1.29 is 4.42 Å². The second-order valence-corrected chi connectivity index (χ2v) is 3.23. The summed E-state index contributed by atoms with van der Waals surface area (Å²) < 4.78 is 5.25. The lowest BCUT2D eigenvalue weighted by molar-refractivity contribution is 0.614. The van der Waals surface area contributed by atoms with Gasteiger partial charge in [0.25, 0.3) is 0 Å². The number of rotatable bonds is 1. The summed E-state index contributed by atoms with van der Waals surface area (Å²) >= 11 is 0. The molecular weight excluding hydrogens is 150 g/mol. The Balaban J connectivity index is 2.60. The average Bonchev–Trinajstić information content (AvgIpc) is 2.49. The van der Waals surface area contributed by atoms with E-state index in [2.05, 4.69) is 18.8 Å². The lowest BCUT2D eigenvalue weighted by Crippen LogP contribution is -1.87. The minimum atomic E-state index is 0.506. The fourth-order valence-corrected chi connectivity index (χ4v) is 1.18. The Morgan fingerprint density at radius 3 is 3.00 bits per heavy atom. The van der Waals surface area contributed by atoms with Crippen LogP contribution in [0, 0.1) is 0 Å². The fraction of sp³-hybridized carbons (Fsp3) is 0.300. The zero-order chi connectivity index (χ0) is 8.55. The highest BCUT2D eigenvalue weighted by Crippen LogP contribution is 2.19. The monoisotopic (exact) mass is 161 g/mol. The number of fused-ring (bicyclic) bond motifs is 1. The molecule has 0 radical (unpaired) electrons. The number of hydrogen-bond donors (Lipinski definition) is 0. The van der Waals surface area contributed by atoms with Crippen molar-refractivity contribution in [1.82, 2.24) is 4.98 Å². The molecule has 0 saturated carbocycles. The van der Waals surface area contributed by atoms with Gasteiger partial charge in [-0.3, -0.25) is 4.98 Å². The third kappa shape index (κ3) is 1.09. The molecule has 0 atom stereocenters. The molecule has 0 bridgehead atoms. The average molecular weight is 161 g/mol. The first-order valence-corrected chi connectivity index (χ1v) is 4.10. The largest absolute Gasteiger partial charge is 0.463 e. The first-order valence-electron chi connectivity index (χ1n) is 4.10. The van der Waals surface area contributed by atoms with E-state index in [0.717, 1.165) is 11.1 Å². The van der Waals surface area contributed by atoms with E-state index < -0.39 is 0 Å². The quantitative estimate of drug-likeness (QED) is 0.642. The molecule has 2 heterocycles. The number of hydrogen-bond acceptors (Lipinski definition) is 2. The second-order valence-electron chi connectivity index (χ2n) is 3.23. The standard InChI is InChI=1S/C10H11NO/c1-7(2)8-5-10-9(11-6-8)3-4-12-10/h3-7H,1-2H3. The van der Waals surface area contributed by atoms with Crippen LogP contribution in [-0.4, -0.2) is 4.98 Å². The van der Waals surface area contributed by atoms with Gasteiger partial charge in [0.05, 0.1) is 6.26 Å². The van der Waals surface area contributed by atoms with Crippen molar-refractivity contribution >= 4 is 11.1 Å². The molecule has 12 heavy (non-hydrogen) atoms. The van der Waals surface area contributed by atoms with Crippen LogP contribution < -0.4 is 0 Å². The van der Waals surface area contributed by atoms with Gasteiger partial charge in [-0.15, -0.1) is 0 Å². The van der Waals surface area contributed by atoms with Gasteiger partial charge in [-0.25, -0.2) is 0 Å². The van der Waals surface area contributed by atoms with Crippen molar-refractivity contribution in [2.24, 2.45) is 0 Å². The van der Waals surface area contributed by atoms with Gasteiger partial charge in [0.1, 0.15) is 5.52 Å². The minimum Gasteiger partial charge on any atom is -0.463 e. The third-order valence-corrected chi connectivity index (χ3v) is 1.99. The molecule has 62 valence electrons. The molecule has 0 saturated heterocycles. The van der Waals surface area contributed by atoms with Crippen molar-refractivity contribution in [3.05, 3.63) is 30.2 Å². The van der Waals surface area contributed by atoms with E-state index in [1.807, 2.05) is 18.3 Å². The zero-order valence-corrected chi connectivity index (χ0v) is 7.24. The predicted octanol–water partition coefficient (Wildman–Crippen LogP) is 2.95. The molecule has 0 spiro atoms. The van der Waals surface area contributed by atoms with E-state index in [4.69, 9.17) is 4.42 Å². The van der Waals surface area contributed by atoms with E-state index in [0.29, 0.717) is 5.92 Å². The van der Waals surface area contributed by atoms with Crippen LogP contribution in [0.25, 0.3) is 11.1 Å². The highest BCUT2D eigenvalue weighted by atomic mass is 16.3. The summed E-state index contributed by atoms with van der Waals surface area (Å²) in [6, 6.07) is 3.92. The van der Waals surface area contributed by atoms with E-state index in [1.54, 1.807) is 6.26 Å². The van der Waals surface area contributed by atoms with E-state index in [1.165, 1.54) is 5.56 Å². The molecule has 0 amide bonds. The van der Waals surface area contributed by atoms with Crippen molar-refractivity contribution in [3.8, 4) is 0 Å². The minimum absolute atomic E-state index is 0.506. The summed E-state index contributed by atoms with van der Waals surface area (Å²) in [5, 5.41) is 0. The van der Waals surface area contributed by atoms with Gasteiger partial charge in [-0.2, -0.15) is 0 Å². The third-order valence-electron chi connectivity index (χ3n) is 1.99. The molecule has 2 rings (SSSR count). The smallest absolute Gasteiger partial charge is 0.152 e. The molecule has 0 unspecified atom stereocenters. The first kappa shape index (κ1) is 7.35. The maximum Gasteiger partial charge on any atom is 0.152 e. The molecule has 0 aliphatic rings. The van der Waals surface area contributed by atoms with Crippen LogP contribution in [0.2, 0.25) is 0 Å². The number of nitrogens with zero attached hydrogens (tertiary/aromatic N) is 1. The summed E-state index contributed by atoms with van der Waals surface area (Å²) in [5.41, 5.74) is 3.03. The number of aromatic nitrogens is 1. The molecular formula is C10H11NO. The van der Waals surface area contributed by atoms with Crippen molar-refractivity contribution in [3.63, 3.8) is 0 Å². The summed E-state index contributed by atoms with van der Waals surface area (Å²) in [4.78, 5) is 4.27. The lowest BCUT2D eigenvalue weighted by Gasteiger charge is -2.02. The van der Waals surface area contributed by atoms with E-state index in [-0.39, 0.29) is 0 Å². The molecule has 2 heteroatoms. The Kier molecular flexibility index (Phi) is 1.61. The first-order chi connectivity index (χ1) is 5.77. The Labute approximate surface area is 71.2 Å². The van der Waals surface area contributed by atoms with Gasteiger partial charge in [0, 0.05) is 12.3 Å². The summed E-state index contributed by atoms with van der Waals surface area (Å²) in [7, 11) is 0. The Morgan fingerprint density at radius 2 is 2.25 bits per heavy atom. The van der Waals surface area contributed by atoms with Gasteiger partial charge in [0.2, 0.25) is 0 Å². The fourth-order valence-electron chi connectivity index (χ4n) is 1.18. The Morgan fingerprint density at radius 1 is 1.42 bits per heavy atom. The summed E-state index contributed by atoms with van der Waals surface area (Å²) in [6.07, 6.45) is 3.57. The maximum absolute atomic E-state index is 5.25. The van der Waals surface area contributed by atoms with Crippen LogP contribution >= 0.6 is 0 Å². The topological polar surface area (TPSA) is 26.0 Å². The van der Waals surface area contributed by atoms with Crippen molar-refractivity contribution in [2.45, 2.75) is 19.8 Å². The van der Waals surface area contributed by atoms with Gasteiger partial charge in [-0.1, -0.05) is 13.8 Å². The summed E-state index contributed by atoms with van der Waals surface area (Å²) in [5.74, 6) is 0.506. The molecule has 0 aromatic carbocycles. The van der Waals surface area contributed by atoms with Crippen molar-refractivity contribution in [1.29, 1.82) is 0 Å². The highest BCUT2D eigenvalue weighted by Gasteiger charge is 2.02. The molecule has 0 aliphatic carbocycles. The summed E-state index contributed by atoms with van der Waals surface area (Å²) in [6.45, 7) is 4.29. The molecule has 0 fully saturated rings. The van der Waals surface area contributed by atoms with E-state index >= 15 is 0 Å². The zero-order valence-electron chi connectivity index (χ0n) is 7.24. The maximum atomic E-state index is 5.25. The SMILES string of the molecule is CC(C)c1cnc2ccoc2c1. The van der Waals surface area contributed by atoms with Crippen LogP contribution in [-0.2, 0) is 0 Å². The normalized spacial score (nSPS) is 11.2. The van der Waals surface area contributed by atoms with Crippen LogP contribution in [0.3, 0.4) is 0 Å². The van der Waals surface area contributed by atoms with Crippen LogP contribution in [0.15, 0.2) is 29.0 Å². The van der Waals surface area contributed by atoms with Crippen LogP contribution in [0.5, 0.6) is 0 Å². The van der Waals surface area contributed by atoms with E-state index in [9.17, 15) is 0 Å². The molecule has 0 aliphatic heterocycles. The predicted molar refractivity (Wildman–Crippen MR) is 48.1 cm³/mol.